The Morgan fingerprint density at radius 3 is 2.59 bits per heavy atom. The Morgan fingerprint density at radius 2 is 2.05 bits per heavy atom. The fraction of sp³-hybridized carbons (Fsp3) is 0.286. The summed E-state index contributed by atoms with van der Waals surface area (Å²) in [6.07, 6.45) is 0.0627. The lowest BCUT2D eigenvalue weighted by Crippen LogP contribution is -2.42. The maximum Gasteiger partial charge on any atom is 0.322 e. The van der Waals surface area contributed by atoms with E-state index >= 15 is 0 Å². The number of sulfonamides is 1. The molecule has 118 valence electrons. The Balaban J connectivity index is 2.08. The molecule has 0 aliphatic carbocycles. The average Bonchev–Trinajstić information content (AvgIpc) is 2.83. The van der Waals surface area contributed by atoms with Crippen LogP contribution in [0.1, 0.15) is 17.0 Å². The van der Waals surface area contributed by atoms with E-state index < -0.39 is 27.8 Å². The molecule has 0 bridgehead atoms. The lowest BCUT2D eigenvalue weighted by atomic mass is 10.1. The first-order chi connectivity index (χ1) is 10.4. The van der Waals surface area contributed by atoms with E-state index in [0.29, 0.717) is 5.76 Å². The molecule has 0 saturated heterocycles. The second kappa shape index (κ2) is 6.71. The third-order valence-electron chi connectivity index (χ3n) is 2.92. The largest absolute Gasteiger partial charge is 0.480 e. The van der Waals surface area contributed by atoms with Crippen LogP contribution in [0.5, 0.6) is 0 Å². The van der Waals surface area contributed by atoms with E-state index in [-0.39, 0.29) is 12.1 Å². The van der Waals surface area contributed by atoms with Gasteiger partial charge in [-0.1, -0.05) is 35.5 Å². The van der Waals surface area contributed by atoms with Gasteiger partial charge in [0.25, 0.3) is 0 Å². The van der Waals surface area contributed by atoms with E-state index in [9.17, 15) is 18.3 Å². The highest BCUT2D eigenvalue weighted by Gasteiger charge is 2.25. The number of aromatic nitrogens is 1. The lowest BCUT2D eigenvalue weighted by molar-refractivity contribution is -0.138. The van der Waals surface area contributed by atoms with Crippen LogP contribution in [0.4, 0.5) is 0 Å². The zero-order chi connectivity index (χ0) is 16.2. The summed E-state index contributed by atoms with van der Waals surface area (Å²) >= 11 is 0. The molecule has 0 aliphatic heterocycles. The molecule has 0 fully saturated rings. The van der Waals surface area contributed by atoms with Crippen molar-refractivity contribution in [3.8, 4) is 0 Å². The van der Waals surface area contributed by atoms with Gasteiger partial charge in [-0.25, -0.2) is 13.1 Å². The molecule has 7 nitrogen and oxygen atoms in total. The summed E-state index contributed by atoms with van der Waals surface area (Å²) in [6.45, 7) is 1.64. The van der Waals surface area contributed by atoms with Gasteiger partial charge in [0.15, 0.2) is 0 Å². The fourth-order valence-electron chi connectivity index (χ4n) is 1.97. The number of hydrogen-bond acceptors (Lipinski definition) is 5. The van der Waals surface area contributed by atoms with Crippen molar-refractivity contribution in [3.05, 3.63) is 53.4 Å². The number of carbonyl (C=O) groups is 1. The zero-order valence-electron chi connectivity index (χ0n) is 11.9. The van der Waals surface area contributed by atoms with Crippen LogP contribution in [0.2, 0.25) is 0 Å². The number of nitrogens with one attached hydrogen (secondary N) is 1. The van der Waals surface area contributed by atoms with Crippen LogP contribution < -0.4 is 4.72 Å². The normalized spacial score (nSPS) is 13.0. The van der Waals surface area contributed by atoms with Gasteiger partial charge in [0.1, 0.15) is 23.2 Å². The number of carboxylic acid groups (broad SMARTS) is 1. The fourth-order valence-corrected chi connectivity index (χ4v) is 3.19. The topological polar surface area (TPSA) is 110 Å². The number of nitrogens with zero attached hydrogens (tertiary/aromatic N) is 1. The van der Waals surface area contributed by atoms with Crippen molar-refractivity contribution >= 4 is 16.0 Å². The van der Waals surface area contributed by atoms with Crippen LogP contribution in [0.25, 0.3) is 0 Å². The maximum atomic E-state index is 12.1. The van der Waals surface area contributed by atoms with Gasteiger partial charge < -0.3 is 9.63 Å². The molecule has 2 N–H and O–H groups in total. The summed E-state index contributed by atoms with van der Waals surface area (Å²) in [5.74, 6) is -1.17. The Bertz CT molecular complexity index is 740. The Labute approximate surface area is 128 Å². The van der Waals surface area contributed by atoms with Gasteiger partial charge in [-0.15, -0.1) is 0 Å². The highest BCUT2D eigenvalue weighted by molar-refractivity contribution is 7.88. The van der Waals surface area contributed by atoms with Gasteiger partial charge >= 0.3 is 5.97 Å². The van der Waals surface area contributed by atoms with Gasteiger partial charge in [-0.2, -0.15) is 0 Å². The van der Waals surface area contributed by atoms with E-state index in [1.54, 1.807) is 37.3 Å². The van der Waals surface area contributed by atoms with Gasteiger partial charge in [-0.05, 0) is 18.9 Å². The standard InChI is InChI=1S/C14H16N2O5S/c1-10-7-12(15-21-10)9-22(19,20)16-13(14(17)18)8-11-5-3-2-4-6-11/h2-7,13,16H,8-9H2,1H3,(H,17,18)/t13-/m1/s1. The molecular weight excluding hydrogens is 308 g/mol. The summed E-state index contributed by atoms with van der Waals surface area (Å²) in [7, 11) is -3.84. The first-order valence-electron chi connectivity index (χ1n) is 6.54. The van der Waals surface area contributed by atoms with Crippen LogP contribution >= 0.6 is 0 Å². The van der Waals surface area contributed by atoms with E-state index in [1.807, 2.05) is 0 Å². The van der Waals surface area contributed by atoms with Crippen LogP contribution in [-0.2, 0) is 27.0 Å². The molecular formula is C14H16N2O5S. The molecule has 1 heterocycles. The van der Waals surface area contributed by atoms with Crippen molar-refractivity contribution in [3.63, 3.8) is 0 Å². The number of aryl methyl sites for hydroxylation is 1. The predicted molar refractivity (Wildman–Crippen MR) is 78.6 cm³/mol. The van der Waals surface area contributed by atoms with E-state index in [1.165, 1.54) is 6.07 Å². The number of carboxylic acids is 1. The average molecular weight is 324 g/mol. The third-order valence-corrected chi connectivity index (χ3v) is 4.24. The monoisotopic (exact) mass is 324 g/mol. The first kappa shape index (κ1) is 16.2. The number of aliphatic carboxylic acids is 1. The summed E-state index contributed by atoms with van der Waals surface area (Å²) in [6, 6.07) is 9.07. The smallest absolute Gasteiger partial charge is 0.322 e. The molecule has 0 radical (unpaired) electrons. The van der Waals surface area contributed by atoms with E-state index in [0.717, 1.165) is 5.56 Å². The van der Waals surface area contributed by atoms with E-state index in [2.05, 4.69) is 9.88 Å². The molecule has 1 atom stereocenters. The second-order valence-corrected chi connectivity index (χ2v) is 6.64. The van der Waals surface area contributed by atoms with Crippen LogP contribution in [0.15, 0.2) is 40.9 Å². The zero-order valence-corrected chi connectivity index (χ0v) is 12.7. The summed E-state index contributed by atoms with van der Waals surface area (Å²) in [4.78, 5) is 11.3. The van der Waals surface area contributed by atoms with Gasteiger partial charge in [0, 0.05) is 6.07 Å². The molecule has 2 aromatic rings. The van der Waals surface area contributed by atoms with Gasteiger partial charge in [0.05, 0.1) is 0 Å². The molecule has 0 aliphatic rings. The molecule has 2 rings (SSSR count). The molecule has 1 aromatic heterocycles. The highest BCUT2D eigenvalue weighted by Crippen LogP contribution is 2.09. The van der Waals surface area contributed by atoms with E-state index in [4.69, 9.17) is 4.52 Å². The molecule has 0 spiro atoms. The van der Waals surface area contributed by atoms with Crippen molar-refractivity contribution in [1.82, 2.24) is 9.88 Å². The van der Waals surface area contributed by atoms with Crippen molar-refractivity contribution in [2.45, 2.75) is 25.1 Å². The van der Waals surface area contributed by atoms with Gasteiger partial charge in [-0.3, -0.25) is 4.79 Å². The SMILES string of the molecule is Cc1cc(CS(=O)(=O)N[C@H](Cc2ccccc2)C(=O)O)no1. The first-order valence-corrected chi connectivity index (χ1v) is 8.20. The van der Waals surface area contributed by atoms with Crippen molar-refractivity contribution < 1.29 is 22.8 Å². The Hall–Kier alpha value is -2.19. The van der Waals surface area contributed by atoms with Crippen molar-refractivity contribution in [1.29, 1.82) is 0 Å². The minimum Gasteiger partial charge on any atom is -0.480 e. The van der Waals surface area contributed by atoms with Crippen molar-refractivity contribution in [2.24, 2.45) is 0 Å². The quantitative estimate of drug-likeness (QED) is 0.789. The maximum absolute atomic E-state index is 12.1. The predicted octanol–water partition coefficient (Wildman–Crippen LogP) is 1.10. The number of hydrogen-bond donors (Lipinski definition) is 2. The molecule has 8 heteroatoms. The molecule has 0 unspecified atom stereocenters. The molecule has 22 heavy (non-hydrogen) atoms. The van der Waals surface area contributed by atoms with Crippen LogP contribution in [-0.4, -0.2) is 30.7 Å². The molecule has 1 aromatic carbocycles. The second-order valence-electron chi connectivity index (χ2n) is 4.89. The summed E-state index contributed by atoms with van der Waals surface area (Å²) in [5, 5.41) is 12.8. The molecule has 0 amide bonds. The third kappa shape index (κ3) is 4.68. The number of benzene rings is 1. The van der Waals surface area contributed by atoms with Crippen LogP contribution in [0, 0.1) is 6.92 Å². The van der Waals surface area contributed by atoms with Crippen LogP contribution in [0.3, 0.4) is 0 Å². The Morgan fingerprint density at radius 1 is 1.36 bits per heavy atom. The van der Waals surface area contributed by atoms with Gasteiger partial charge in [0.2, 0.25) is 10.0 Å². The minimum atomic E-state index is -3.84. The minimum absolute atomic E-state index is 0.0627. The number of rotatable bonds is 7. The summed E-state index contributed by atoms with van der Waals surface area (Å²) in [5.41, 5.74) is 0.962. The Kier molecular flexibility index (Phi) is 4.94. The highest BCUT2D eigenvalue weighted by atomic mass is 32.2. The molecule has 0 saturated carbocycles. The van der Waals surface area contributed by atoms with Crippen molar-refractivity contribution in [2.75, 3.05) is 0 Å². The summed E-state index contributed by atoms with van der Waals surface area (Å²) < 4.78 is 31.1. The lowest BCUT2D eigenvalue weighted by Gasteiger charge is -2.14.